The van der Waals surface area contributed by atoms with Crippen molar-refractivity contribution in [2.45, 2.75) is 26.2 Å². The van der Waals surface area contributed by atoms with Crippen LogP contribution in [0.1, 0.15) is 25.0 Å². The zero-order valence-corrected chi connectivity index (χ0v) is 13.3. The van der Waals surface area contributed by atoms with E-state index in [1.54, 1.807) is 6.26 Å². The molecule has 1 unspecified atom stereocenters. The van der Waals surface area contributed by atoms with E-state index in [2.05, 4.69) is 15.6 Å². The summed E-state index contributed by atoms with van der Waals surface area (Å²) in [6.07, 6.45) is 4.88. The first-order chi connectivity index (χ1) is 11.2. The van der Waals surface area contributed by atoms with Crippen molar-refractivity contribution in [3.63, 3.8) is 0 Å². The lowest BCUT2D eigenvalue weighted by Gasteiger charge is -2.23. The smallest absolute Gasteiger partial charge is 0.228 e. The van der Waals surface area contributed by atoms with Gasteiger partial charge in [-0.25, -0.2) is 4.98 Å². The zero-order chi connectivity index (χ0) is 15.9. The number of amides is 1. The molecule has 1 aromatic carbocycles. The van der Waals surface area contributed by atoms with Crippen LogP contribution in [0.2, 0.25) is 0 Å². The highest BCUT2D eigenvalue weighted by atomic mass is 16.3. The van der Waals surface area contributed by atoms with Gasteiger partial charge in [0.15, 0.2) is 0 Å². The van der Waals surface area contributed by atoms with Crippen molar-refractivity contribution < 1.29 is 9.21 Å². The highest BCUT2D eigenvalue weighted by molar-refractivity contribution is 5.95. The molecule has 4 rings (SSSR count). The van der Waals surface area contributed by atoms with Crippen molar-refractivity contribution in [1.29, 1.82) is 0 Å². The molecule has 1 saturated heterocycles. The first kappa shape index (κ1) is 14.5. The van der Waals surface area contributed by atoms with Crippen molar-refractivity contribution in [2.24, 2.45) is 11.3 Å². The number of oxazole rings is 1. The molecule has 2 N–H and O–H groups in total. The summed E-state index contributed by atoms with van der Waals surface area (Å²) in [5.74, 6) is 0.893. The molecule has 1 amide bonds. The number of nitrogens with one attached hydrogen (secondary N) is 2. The second-order valence-corrected chi connectivity index (χ2v) is 6.73. The van der Waals surface area contributed by atoms with Crippen LogP contribution in [0.15, 0.2) is 34.9 Å². The van der Waals surface area contributed by atoms with E-state index in [1.165, 1.54) is 0 Å². The highest BCUT2D eigenvalue weighted by Crippen LogP contribution is 2.58. The average molecular weight is 311 g/mol. The molecule has 2 aromatic rings. The molecule has 2 fully saturated rings. The lowest BCUT2D eigenvalue weighted by molar-refractivity contribution is -0.118. The summed E-state index contributed by atoms with van der Waals surface area (Å²) >= 11 is 0. The molecule has 5 heteroatoms. The van der Waals surface area contributed by atoms with E-state index in [9.17, 15) is 4.79 Å². The number of aromatic nitrogens is 1. The van der Waals surface area contributed by atoms with Crippen LogP contribution in [-0.2, 0) is 4.79 Å². The lowest BCUT2D eigenvalue weighted by Crippen LogP contribution is -2.31. The quantitative estimate of drug-likeness (QED) is 0.914. The number of piperidine rings is 1. The zero-order valence-electron chi connectivity index (χ0n) is 13.3. The highest BCUT2D eigenvalue weighted by Gasteiger charge is 2.57. The number of rotatable bonds is 3. The van der Waals surface area contributed by atoms with E-state index in [-0.39, 0.29) is 17.2 Å². The van der Waals surface area contributed by atoms with Crippen LogP contribution in [0, 0.1) is 18.3 Å². The summed E-state index contributed by atoms with van der Waals surface area (Å²) in [6, 6.07) is 7.68. The molecular formula is C18H21N3O2. The summed E-state index contributed by atoms with van der Waals surface area (Å²) in [7, 11) is 0. The van der Waals surface area contributed by atoms with Crippen molar-refractivity contribution in [3.05, 3.63) is 36.2 Å². The number of carbonyl (C=O) groups is 1. The Morgan fingerprint density at radius 1 is 1.39 bits per heavy atom. The van der Waals surface area contributed by atoms with Gasteiger partial charge in [-0.3, -0.25) is 4.79 Å². The number of hydrogen-bond acceptors (Lipinski definition) is 4. The summed E-state index contributed by atoms with van der Waals surface area (Å²) < 4.78 is 5.43. The SMILES string of the molecule is Cc1coc(-c2cccc(NC(=O)C3CC34CCNCC4)c2)n1. The summed E-state index contributed by atoms with van der Waals surface area (Å²) in [4.78, 5) is 16.9. The fourth-order valence-corrected chi connectivity index (χ4v) is 3.64. The molecule has 1 spiro atoms. The third-order valence-electron chi connectivity index (χ3n) is 5.10. The van der Waals surface area contributed by atoms with Crippen LogP contribution in [0.25, 0.3) is 11.5 Å². The van der Waals surface area contributed by atoms with Crippen LogP contribution < -0.4 is 10.6 Å². The van der Waals surface area contributed by atoms with E-state index in [1.807, 2.05) is 31.2 Å². The van der Waals surface area contributed by atoms with E-state index in [4.69, 9.17) is 4.42 Å². The Hall–Kier alpha value is -2.14. The van der Waals surface area contributed by atoms with Crippen LogP contribution >= 0.6 is 0 Å². The van der Waals surface area contributed by atoms with Gasteiger partial charge >= 0.3 is 0 Å². The Morgan fingerprint density at radius 2 is 2.22 bits per heavy atom. The number of aryl methyl sites for hydroxylation is 1. The second-order valence-electron chi connectivity index (χ2n) is 6.73. The molecule has 1 atom stereocenters. The van der Waals surface area contributed by atoms with Crippen LogP contribution in [-0.4, -0.2) is 24.0 Å². The Balaban J connectivity index is 1.46. The molecule has 1 aliphatic heterocycles. The van der Waals surface area contributed by atoms with Crippen LogP contribution in [0.5, 0.6) is 0 Å². The predicted molar refractivity (Wildman–Crippen MR) is 87.9 cm³/mol. The molecule has 2 heterocycles. The van der Waals surface area contributed by atoms with Gasteiger partial charge in [-0.05, 0) is 62.9 Å². The summed E-state index contributed by atoms with van der Waals surface area (Å²) in [6.45, 7) is 3.95. The molecule has 0 bridgehead atoms. The van der Waals surface area contributed by atoms with Crippen molar-refractivity contribution in [3.8, 4) is 11.5 Å². The van der Waals surface area contributed by atoms with Gasteiger partial charge in [0.25, 0.3) is 0 Å². The van der Waals surface area contributed by atoms with Crippen LogP contribution in [0.4, 0.5) is 5.69 Å². The number of carbonyl (C=O) groups excluding carboxylic acids is 1. The first-order valence-corrected chi connectivity index (χ1v) is 8.20. The normalized spacial score (nSPS) is 22.0. The van der Waals surface area contributed by atoms with Gasteiger partial charge in [0.2, 0.25) is 11.8 Å². The lowest BCUT2D eigenvalue weighted by atomic mass is 9.92. The largest absolute Gasteiger partial charge is 0.444 e. The molecule has 1 saturated carbocycles. The van der Waals surface area contributed by atoms with Gasteiger partial charge in [0.1, 0.15) is 6.26 Å². The van der Waals surface area contributed by atoms with Gasteiger partial charge in [-0.1, -0.05) is 6.07 Å². The minimum Gasteiger partial charge on any atom is -0.444 e. The Labute approximate surface area is 135 Å². The van der Waals surface area contributed by atoms with Crippen LogP contribution in [0.3, 0.4) is 0 Å². The summed E-state index contributed by atoms with van der Waals surface area (Å²) in [5, 5.41) is 6.43. The van der Waals surface area contributed by atoms with E-state index in [0.717, 1.165) is 49.3 Å². The molecule has 0 radical (unpaired) electrons. The molecule has 1 aliphatic carbocycles. The minimum absolute atomic E-state index is 0.146. The monoisotopic (exact) mass is 311 g/mol. The number of anilines is 1. The maximum Gasteiger partial charge on any atom is 0.228 e. The van der Waals surface area contributed by atoms with Gasteiger partial charge in [-0.15, -0.1) is 0 Å². The topological polar surface area (TPSA) is 67.2 Å². The van der Waals surface area contributed by atoms with Gasteiger partial charge in [0, 0.05) is 17.2 Å². The average Bonchev–Trinajstić information content (AvgIpc) is 3.06. The van der Waals surface area contributed by atoms with E-state index in [0.29, 0.717) is 5.89 Å². The molecule has 1 aromatic heterocycles. The van der Waals surface area contributed by atoms with Gasteiger partial charge in [0.05, 0.1) is 5.69 Å². The first-order valence-electron chi connectivity index (χ1n) is 8.20. The fraction of sp³-hybridized carbons (Fsp3) is 0.444. The Morgan fingerprint density at radius 3 is 2.96 bits per heavy atom. The Kier molecular flexibility index (Phi) is 3.45. The molecule has 120 valence electrons. The predicted octanol–water partition coefficient (Wildman–Crippen LogP) is 2.98. The minimum atomic E-state index is 0.146. The van der Waals surface area contributed by atoms with E-state index >= 15 is 0 Å². The summed E-state index contributed by atoms with van der Waals surface area (Å²) in [5.41, 5.74) is 2.79. The number of benzene rings is 1. The molecule has 5 nitrogen and oxygen atoms in total. The van der Waals surface area contributed by atoms with Gasteiger partial charge < -0.3 is 15.1 Å². The maximum atomic E-state index is 12.5. The second kappa shape index (κ2) is 5.49. The number of nitrogens with zero attached hydrogens (tertiary/aromatic N) is 1. The molecule has 2 aliphatic rings. The van der Waals surface area contributed by atoms with E-state index < -0.39 is 0 Å². The standard InChI is InChI=1S/C18H21N3O2/c1-12-11-23-17(20-12)13-3-2-4-14(9-13)21-16(22)15-10-18(15)5-7-19-8-6-18/h2-4,9,11,15,19H,5-8,10H2,1H3,(H,21,22). The van der Waals surface area contributed by atoms with Crippen molar-refractivity contribution in [2.75, 3.05) is 18.4 Å². The van der Waals surface area contributed by atoms with Crippen molar-refractivity contribution >= 4 is 11.6 Å². The van der Waals surface area contributed by atoms with Gasteiger partial charge in [-0.2, -0.15) is 0 Å². The molecular weight excluding hydrogens is 290 g/mol. The third-order valence-corrected chi connectivity index (χ3v) is 5.10. The van der Waals surface area contributed by atoms with Crippen molar-refractivity contribution in [1.82, 2.24) is 10.3 Å². The number of hydrogen-bond donors (Lipinski definition) is 2. The fourth-order valence-electron chi connectivity index (χ4n) is 3.64. The Bertz CT molecular complexity index is 731. The third kappa shape index (κ3) is 2.77. The maximum absolute atomic E-state index is 12.5. The molecule has 23 heavy (non-hydrogen) atoms.